The van der Waals surface area contributed by atoms with Crippen LogP contribution in [0.5, 0.6) is 0 Å². The van der Waals surface area contributed by atoms with Crippen LogP contribution in [0, 0.1) is 0 Å². The minimum absolute atomic E-state index is 0.0298. The van der Waals surface area contributed by atoms with Gasteiger partial charge >= 0.3 is 0 Å². The third-order valence-corrected chi connectivity index (χ3v) is 2.66. The second-order valence-electron chi connectivity index (χ2n) is 4.09. The van der Waals surface area contributed by atoms with Gasteiger partial charge in [-0.2, -0.15) is 0 Å². The first-order chi connectivity index (χ1) is 9.16. The van der Waals surface area contributed by atoms with Crippen molar-refractivity contribution < 1.29 is 8.78 Å². The maximum atomic E-state index is 12.4. The maximum absolute atomic E-state index is 12.4. The third kappa shape index (κ3) is 3.75. The predicted octanol–water partition coefficient (Wildman–Crippen LogP) is 2.66. The Hall–Kier alpha value is -1.95. The van der Waals surface area contributed by atoms with Crippen molar-refractivity contribution in [3.05, 3.63) is 53.9 Å². The zero-order chi connectivity index (χ0) is 13.7. The largest absolute Gasteiger partial charge is 0.302 e. The summed E-state index contributed by atoms with van der Waals surface area (Å²) in [5.74, 6) is 0.687. The Labute approximate surface area is 109 Å². The zero-order valence-corrected chi connectivity index (χ0v) is 10.4. The summed E-state index contributed by atoms with van der Waals surface area (Å²) in [5.41, 5.74) is 0.635. The van der Waals surface area contributed by atoms with Gasteiger partial charge in [0, 0.05) is 30.7 Å². The van der Waals surface area contributed by atoms with Crippen LogP contribution in [0.2, 0.25) is 0 Å². The fourth-order valence-corrected chi connectivity index (χ4v) is 1.55. The molecule has 0 amide bonds. The van der Waals surface area contributed by atoms with Crippen LogP contribution in [0.3, 0.4) is 0 Å². The van der Waals surface area contributed by atoms with Crippen LogP contribution in [0.25, 0.3) is 0 Å². The smallest absolute Gasteiger partial charge is 0.265 e. The molecule has 0 fully saturated rings. The van der Waals surface area contributed by atoms with E-state index < -0.39 is 6.43 Å². The first-order valence-corrected chi connectivity index (χ1v) is 5.90. The molecule has 0 aliphatic heterocycles. The number of pyridine rings is 1. The molecule has 0 saturated heterocycles. The van der Waals surface area contributed by atoms with Gasteiger partial charge in [-0.3, -0.25) is 4.98 Å². The Bertz CT molecular complexity index is 502. The van der Waals surface area contributed by atoms with E-state index in [2.05, 4.69) is 20.3 Å². The Balaban J connectivity index is 1.92. The summed E-state index contributed by atoms with van der Waals surface area (Å²) in [6, 6.07) is 4.70. The number of rotatable bonds is 5. The zero-order valence-electron chi connectivity index (χ0n) is 10.4. The minimum Gasteiger partial charge on any atom is -0.302 e. The van der Waals surface area contributed by atoms with Crippen molar-refractivity contribution in [2.45, 2.75) is 25.9 Å². The lowest BCUT2D eigenvalue weighted by atomic mass is 10.2. The van der Waals surface area contributed by atoms with Gasteiger partial charge in [0.2, 0.25) is 0 Å². The average Bonchev–Trinajstić information content (AvgIpc) is 2.46. The number of nitrogens with one attached hydrogen (secondary N) is 1. The Morgan fingerprint density at radius 2 is 1.89 bits per heavy atom. The van der Waals surface area contributed by atoms with E-state index in [1.165, 1.54) is 12.3 Å². The van der Waals surface area contributed by atoms with E-state index in [1.54, 1.807) is 24.5 Å². The summed E-state index contributed by atoms with van der Waals surface area (Å²) < 4.78 is 24.7. The molecule has 6 heteroatoms. The predicted molar refractivity (Wildman–Crippen MR) is 66.5 cm³/mol. The SMILES string of the molecule is C[C@@H](NCc1ccc(C(F)F)cn1)c1ncccn1. The van der Waals surface area contributed by atoms with Gasteiger partial charge < -0.3 is 5.32 Å². The van der Waals surface area contributed by atoms with Gasteiger partial charge in [-0.05, 0) is 25.1 Å². The molecular formula is C13H14F2N4. The molecule has 0 spiro atoms. The molecule has 1 N–H and O–H groups in total. The normalized spacial score (nSPS) is 12.6. The number of halogens is 2. The maximum Gasteiger partial charge on any atom is 0.265 e. The summed E-state index contributed by atoms with van der Waals surface area (Å²) in [4.78, 5) is 12.3. The number of hydrogen-bond donors (Lipinski definition) is 1. The van der Waals surface area contributed by atoms with E-state index >= 15 is 0 Å². The Kier molecular flexibility index (Phi) is 4.46. The number of hydrogen-bond acceptors (Lipinski definition) is 4. The molecule has 2 aromatic rings. The van der Waals surface area contributed by atoms with Crippen LogP contribution in [-0.4, -0.2) is 15.0 Å². The molecule has 19 heavy (non-hydrogen) atoms. The summed E-state index contributed by atoms with van der Waals surface area (Å²) in [7, 11) is 0. The summed E-state index contributed by atoms with van der Waals surface area (Å²) in [5, 5.41) is 3.19. The molecule has 1 atom stereocenters. The topological polar surface area (TPSA) is 50.7 Å². The molecular weight excluding hydrogens is 250 g/mol. The van der Waals surface area contributed by atoms with Gasteiger partial charge in [0.25, 0.3) is 6.43 Å². The van der Waals surface area contributed by atoms with E-state index in [0.29, 0.717) is 18.1 Å². The first kappa shape index (κ1) is 13.5. The van der Waals surface area contributed by atoms with Crippen LogP contribution in [0.15, 0.2) is 36.8 Å². The van der Waals surface area contributed by atoms with Crippen LogP contribution >= 0.6 is 0 Å². The quantitative estimate of drug-likeness (QED) is 0.902. The second kappa shape index (κ2) is 6.29. The molecule has 0 aliphatic carbocycles. The Morgan fingerprint density at radius 3 is 2.47 bits per heavy atom. The Morgan fingerprint density at radius 1 is 1.16 bits per heavy atom. The molecule has 0 radical (unpaired) electrons. The molecule has 2 aromatic heterocycles. The molecule has 4 nitrogen and oxygen atoms in total. The van der Waals surface area contributed by atoms with Crippen molar-refractivity contribution >= 4 is 0 Å². The molecule has 0 unspecified atom stereocenters. The van der Waals surface area contributed by atoms with E-state index in [4.69, 9.17) is 0 Å². The number of aromatic nitrogens is 3. The molecule has 0 bridgehead atoms. The minimum atomic E-state index is -2.48. The molecule has 0 aromatic carbocycles. The standard InChI is InChI=1S/C13H14F2N4/c1-9(13-16-5-2-6-17-13)18-8-11-4-3-10(7-19-11)12(14)15/h2-7,9,12,18H,8H2,1H3/t9-/m1/s1. The van der Waals surface area contributed by atoms with Crippen molar-refractivity contribution in [2.75, 3.05) is 0 Å². The van der Waals surface area contributed by atoms with Crippen LogP contribution < -0.4 is 5.32 Å². The van der Waals surface area contributed by atoms with E-state index in [1.807, 2.05) is 6.92 Å². The molecule has 2 heterocycles. The van der Waals surface area contributed by atoms with Crippen LogP contribution in [0.1, 0.15) is 36.5 Å². The first-order valence-electron chi connectivity index (χ1n) is 5.90. The lowest BCUT2D eigenvalue weighted by Gasteiger charge is -2.11. The molecule has 0 saturated carbocycles. The molecule has 0 aliphatic rings. The fourth-order valence-electron chi connectivity index (χ4n) is 1.55. The van der Waals surface area contributed by atoms with E-state index in [0.717, 1.165) is 0 Å². The van der Waals surface area contributed by atoms with Crippen molar-refractivity contribution in [1.29, 1.82) is 0 Å². The highest BCUT2D eigenvalue weighted by atomic mass is 19.3. The van der Waals surface area contributed by atoms with Gasteiger partial charge in [0.1, 0.15) is 5.82 Å². The van der Waals surface area contributed by atoms with Crippen LogP contribution in [-0.2, 0) is 6.54 Å². The van der Waals surface area contributed by atoms with Gasteiger partial charge in [-0.25, -0.2) is 18.7 Å². The van der Waals surface area contributed by atoms with Crippen molar-refractivity contribution in [3.8, 4) is 0 Å². The highest BCUT2D eigenvalue weighted by Gasteiger charge is 2.09. The lowest BCUT2D eigenvalue weighted by molar-refractivity contribution is 0.151. The lowest BCUT2D eigenvalue weighted by Crippen LogP contribution is -2.20. The highest BCUT2D eigenvalue weighted by Crippen LogP contribution is 2.17. The monoisotopic (exact) mass is 264 g/mol. The van der Waals surface area contributed by atoms with Gasteiger partial charge in [0.15, 0.2) is 0 Å². The van der Waals surface area contributed by atoms with Crippen molar-refractivity contribution in [1.82, 2.24) is 20.3 Å². The summed E-state index contributed by atoms with van der Waals surface area (Å²) in [6.07, 6.45) is 2.07. The van der Waals surface area contributed by atoms with E-state index in [9.17, 15) is 8.78 Å². The van der Waals surface area contributed by atoms with Gasteiger partial charge in [0.05, 0.1) is 11.7 Å². The summed E-state index contributed by atoms with van der Waals surface area (Å²) >= 11 is 0. The van der Waals surface area contributed by atoms with E-state index in [-0.39, 0.29) is 11.6 Å². The van der Waals surface area contributed by atoms with Crippen LogP contribution in [0.4, 0.5) is 8.78 Å². The second-order valence-corrected chi connectivity index (χ2v) is 4.09. The van der Waals surface area contributed by atoms with Crippen molar-refractivity contribution in [3.63, 3.8) is 0 Å². The van der Waals surface area contributed by atoms with Gasteiger partial charge in [-0.1, -0.05) is 0 Å². The summed E-state index contributed by atoms with van der Waals surface area (Å²) in [6.45, 7) is 2.41. The number of alkyl halides is 2. The van der Waals surface area contributed by atoms with Gasteiger partial charge in [-0.15, -0.1) is 0 Å². The highest BCUT2D eigenvalue weighted by molar-refractivity contribution is 5.15. The molecule has 100 valence electrons. The third-order valence-electron chi connectivity index (χ3n) is 2.66. The van der Waals surface area contributed by atoms with Crippen molar-refractivity contribution in [2.24, 2.45) is 0 Å². The number of nitrogens with zero attached hydrogens (tertiary/aromatic N) is 3. The fraction of sp³-hybridized carbons (Fsp3) is 0.308. The average molecular weight is 264 g/mol. The molecule has 2 rings (SSSR count).